The molecule has 228 valence electrons. The van der Waals surface area contributed by atoms with Crippen molar-refractivity contribution >= 4 is 56.4 Å². The first-order valence-electron chi connectivity index (χ1n) is 13.8. The van der Waals surface area contributed by atoms with Crippen LogP contribution in [0.1, 0.15) is 44.6 Å². The first-order valence-corrected chi connectivity index (χ1v) is 16.0. The number of nitrogens with one attached hydrogen (secondary N) is 1. The molecular formula is C30H32Cl2N4O6S. The van der Waals surface area contributed by atoms with E-state index in [9.17, 15) is 28.1 Å². The zero-order valence-corrected chi connectivity index (χ0v) is 25.8. The molecule has 3 aromatic carbocycles. The van der Waals surface area contributed by atoms with Crippen LogP contribution in [0.2, 0.25) is 10.0 Å². The van der Waals surface area contributed by atoms with Gasteiger partial charge in [0.25, 0.3) is 15.7 Å². The van der Waals surface area contributed by atoms with Crippen LogP contribution in [0, 0.1) is 10.1 Å². The SMILES string of the molecule is C[C@@H](C(=O)NC1CCCCC1)N(Cc1c(Cl)cccc1Cl)C(=O)CN(c1cccc([N+](=O)[O-])c1)S(=O)(=O)c1ccccc1. The van der Waals surface area contributed by atoms with Crippen LogP contribution in [-0.4, -0.2) is 48.7 Å². The minimum absolute atomic E-state index is 0.0237. The predicted molar refractivity (Wildman–Crippen MR) is 166 cm³/mol. The molecule has 1 saturated carbocycles. The van der Waals surface area contributed by atoms with E-state index in [0.29, 0.717) is 5.56 Å². The van der Waals surface area contributed by atoms with Gasteiger partial charge in [0, 0.05) is 40.3 Å². The van der Waals surface area contributed by atoms with Crippen LogP contribution < -0.4 is 9.62 Å². The topological polar surface area (TPSA) is 130 Å². The van der Waals surface area contributed by atoms with Crippen molar-refractivity contribution in [2.45, 2.75) is 62.6 Å². The van der Waals surface area contributed by atoms with Gasteiger partial charge in [-0.25, -0.2) is 8.42 Å². The van der Waals surface area contributed by atoms with Gasteiger partial charge in [0.1, 0.15) is 12.6 Å². The van der Waals surface area contributed by atoms with Crippen molar-refractivity contribution in [3.63, 3.8) is 0 Å². The van der Waals surface area contributed by atoms with Crippen molar-refractivity contribution in [2.24, 2.45) is 0 Å². The van der Waals surface area contributed by atoms with Gasteiger partial charge in [0.15, 0.2) is 0 Å². The molecule has 1 aliphatic carbocycles. The lowest BCUT2D eigenvalue weighted by Crippen LogP contribution is -2.53. The quantitative estimate of drug-likeness (QED) is 0.202. The summed E-state index contributed by atoms with van der Waals surface area (Å²) in [7, 11) is -4.37. The Bertz CT molecular complexity index is 1560. The number of rotatable bonds is 11. The maximum atomic E-state index is 14.1. The Balaban J connectivity index is 1.73. The van der Waals surface area contributed by atoms with Gasteiger partial charge in [-0.1, -0.05) is 72.8 Å². The molecule has 4 rings (SSSR count). The van der Waals surface area contributed by atoms with Gasteiger partial charge in [-0.15, -0.1) is 0 Å². The molecule has 0 bridgehead atoms. The van der Waals surface area contributed by atoms with Gasteiger partial charge in [0.2, 0.25) is 11.8 Å². The van der Waals surface area contributed by atoms with Crippen molar-refractivity contribution < 1.29 is 22.9 Å². The number of sulfonamides is 1. The largest absolute Gasteiger partial charge is 0.352 e. The van der Waals surface area contributed by atoms with Crippen LogP contribution in [0.4, 0.5) is 11.4 Å². The molecule has 0 aromatic heterocycles. The van der Waals surface area contributed by atoms with Gasteiger partial charge in [-0.3, -0.25) is 24.0 Å². The standard InChI is InChI=1S/C30H32Cl2N4O6S/c1-21(30(38)33-22-10-4-2-5-11-22)34(19-26-27(31)16-9-17-28(26)32)29(37)20-35(23-12-8-13-24(18-23)36(39)40)43(41,42)25-14-6-3-7-15-25/h3,6-9,12-18,21-22H,2,4-5,10-11,19-20H2,1H3,(H,33,38)/t21-/m0/s1. The lowest BCUT2D eigenvalue weighted by molar-refractivity contribution is -0.384. The van der Waals surface area contributed by atoms with E-state index in [4.69, 9.17) is 23.2 Å². The molecule has 3 aromatic rings. The maximum absolute atomic E-state index is 14.1. The molecule has 0 spiro atoms. The monoisotopic (exact) mass is 646 g/mol. The highest BCUT2D eigenvalue weighted by molar-refractivity contribution is 7.92. The van der Waals surface area contributed by atoms with Crippen LogP contribution in [0.3, 0.4) is 0 Å². The van der Waals surface area contributed by atoms with Crippen molar-refractivity contribution in [1.29, 1.82) is 0 Å². The number of nitrogens with zero attached hydrogens (tertiary/aromatic N) is 3. The summed E-state index contributed by atoms with van der Waals surface area (Å²) in [5, 5.41) is 15.1. The smallest absolute Gasteiger partial charge is 0.271 e. The van der Waals surface area contributed by atoms with E-state index in [2.05, 4.69) is 5.32 Å². The number of halogens is 2. The van der Waals surface area contributed by atoms with E-state index < -0.39 is 39.3 Å². The number of non-ortho nitro benzene ring substituents is 1. The molecule has 0 saturated heterocycles. The lowest BCUT2D eigenvalue weighted by Gasteiger charge is -2.33. The fourth-order valence-electron chi connectivity index (χ4n) is 5.02. The number of carbonyl (C=O) groups excluding carboxylic acids is 2. The van der Waals surface area contributed by atoms with E-state index >= 15 is 0 Å². The Kier molecular flexibility index (Phi) is 10.6. The maximum Gasteiger partial charge on any atom is 0.271 e. The van der Waals surface area contributed by atoms with E-state index in [-0.39, 0.29) is 38.9 Å². The molecule has 0 unspecified atom stereocenters. The molecule has 2 amide bonds. The average Bonchev–Trinajstić information content (AvgIpc) is 3.00. The highest BCUT2D eigenvalue weighted by Gasteiger charge is 2.34. The van der Waals surface area contributed by atoms with Crippen molar-refractivity contribution in [2.75, 3.05) is 10.8 Å². The summed E-state index contributed by atoms with van der Waals surface area (Å²) in [5.41, 5.74) is -0.0381. The summed E-state index contributed by atoms with van der Waals surface area (Å²) in [6.45, 7) is 0.635. The van der Waals surface area contributed by atoms with Gasteiger partial charge in [0.05, 0.1) is 15.5 Å². The number of benzene rings is 3. The lowest BCUT2D eigenvalue weighted by atomic mass is 9.95. The summed E-state index contributed by atoms with van der Waals surface area (Å²) in [4.78, 5) is 39.5. The zero-order chi connectivity index (χ0) is 31.1. The van der Waals surface area contributed by atoms with E-state index in [0.717, 1.165) is 42.5 Å². The molecule has 0 aliphatic heterocycles. The minimum Gasteiger partial charge on any atom is -0.352 e. The molecule has 0 heterocycles. The van der Waals surface area contributed by atoms with Crippen LogP contribution >= 0.6 is 23.2 Å². The molecule has 1 aliphatic rings. The molecular weight excluding hydrogens is 615 g/mol. The fourth-order valence-corrected chi connectivity index (χ4v) is 6.96. The Morgan fingerprint density at radius 3 is 2.23 bits per heavy atom. The highest BCUT2D eigenvalue weighted by Crippen LogP contribution is 2.30. The second-order valence-corrected chi connectivity index (χ2v) is 13.0. The summed E-state index contributed by atoms with van der Waals surface area (Å²) in [6, 6.07) is 16.3. The van der Waals surface area contributed by atoms with Gasteiger partial charge in [-0.2, -0.15) is 0 Å². The summed E-state index contributed by atoms with van der Waals surface area (Å²) < 4.78 is 28.5. The molecule has 1 fully saturated rings. The molecule has 13 heteroatoms. The first-order chi connectivity index (χ1) is 20.5. The second-order valence-electron chi connectivity index (χ2n) is 10.3. The minimum atomic E-state index is -4.37. The second kappa shape index (κ2) is 14.2. The van der Waals surface area contributed by atoms with E-state index in [1.54, 1.807) is 31.2 Å². The third-order valence-corrected chi connectivity index (χ3v) is 9.94. The number of nitro benzene ring substituents is 1. The molecule has 1 N–H and O–H groups in total. The third kappa shape index (κ3) is 7.84. The van der Waals surface area contributed by atoms with Crippen LogP contribution in [0.15, 0.2) is 77.7 Å². The van der Waals surface area contributed by atoms with Crippen molar-refractivity contribution in [3.8, 4) is 0 Å². The average molecular weight is 648 g/mol. The fraction of sp³-hybridized carbons (Fsp3) is 0.333. The zero-order valence-electron chi connectivity index (χ0n) is 23.5. The van der Waals surface area contributed by atoms with E-state index in [1.165, 1.54) is 47.4 Å². The highest BCUT2D eigenvalue weighted by atomic mass is 35.5. The van der Waals surface area contributed by atoms with E-state index in [1.807, 2.05) is 0 Å². The normalized spacial score (nSPS) is 14.5. The van der Waals surface area contributed by atoms with Gasteiger partial charge < -0.3 is 10.2 Å². The summed E-state index contributed by atoms with van der Waals surface area (Å²) in [6.07, 6.45) is 4.75. The van der Waals surface area contributed by atoms with Crippen LogP contribution in [0.25, 0.3) is 0 Å². The Labute approximate surface area is 260 Å². The van der Waals surface area contributed by atoms with Gasteiger partial charge >= 0.3 is 0 Å². The molecule has 1 atom stereocenters. The molecule has 0 radical (unpaired) electrons. The Hall–Kier alpha value is -3.67. The predicted octanol–water partition coefficient (Wildman–Crippen LogP) is 5.96. The summed E-state index contributed by atoms with van der Waals surface area (Å²) >= 11 is 12.9. The molecule has 43 heavy (non-hydrogen) atoms. The van der Waals surface area contributed by atoms with Crippen LogP contribution in [-0.2, 0) is 26.2 Å². The third-order valence-electron chi connectivity index (χ3n) is 7.45. The number of amides is 2. The van der Waals surface area contributed by atoms with Crippen molar-refractivity contribution in [1.82, 2.24) is 10.2 Å². The number of nitro groups is 1. The van der Waals surface area contributed by atoms with Gasteiger partial charge in [-0.05, 0) is 50.1 Å². The van der Waals surface area contributed by atoms with Crippen molar-refractivity contribution in [3.05, 3.63) is 98.5 Å². The van der Waals surface area contributed by atoms with Crippen LogP contribution in [0.5, 0.6) is 0 Å². The Morgan fingerprint density at radius 2 is 1.60 bits per heavy atom. The number of hydrogen-bond donors (Lipinski definition) is 1. The molecule has 10 nitrogen and oxygen atoms in total. The first kappa shape index (κ1) is 32.2. The number of anilines is 1. The number of hydrogen-bond acceptors (Lipinski definition) is 6. The Morgan fingerprint density at radius 1 is 0.977 bits per heavy atom. The number of carbonyl (C=O) groups is 2. The summed E-state index contributed by atoms with van der Waals surface area (Å²) in [5.74, 6) is -1.12.